The number of aromatic amines is 1. The van der Waals surface area contributed by atoms with Crippen LogP contribution in [0.3, 0.4) is 0 Å². The molecule has 92 valence electrons. The third kappa shape index (κ3) is 3.27. The summed E-state index contributed by atoms with van der Waals surface area (Å²) in [7, 11) is 0. The van der Waals surface area contributed by atoms with Gasteiger partial charge in [-0.15, -0.1) is 5.10 Å². The van der Waals surface area contributed by atoms with E-state index in [4.69, 9.17) is 0 Å². The zero-order valence-corrected chi connectivity index (χ0v) is 9.48. The zero-order chi connectivity index (χ0) is 12.1. The van der Waals surface area contributed by atoms with Gasteiger partial charge in [0.15, 0.2) is 5.82 Å². The summed E-state index contributed by atoms with van der Waals surface area (Å²) in [6.45, 7) is 0.747. The van der Waals surface area contributed by atoms with Crippen LogP contribution in [0.4, 0.5) is 5.82 Å². The second-order valence-corrected chi connectivity index (χ2v) is 4.03. The number of carbonyl (C=O) groups is 2. The maximum Gasteiger partial charge on any atom is 0.245 e. The zero-order valence-electron chi connectivity index (χ0n) is 9.48. The molecule has 0 unspecified atom stereocenters. The molecule has 0 aromatic carbocycles. The van der Waals surface area contributed by atoms with Crippen LogP contribution >= 0.6 is 0 Å². The molecule has 2 amide bonds. The monoisotopic (exact) mass is 237 g/mol. The van der Waals surface area contributed by atoms with Crippen molar-refractivity contribution in [2.45, 2.75) is 25.7 Å². The lowest BCUT2D eigenvalue weighted by Crippen LogP contribution is -2.37. The van der Waals surface area contributed by atoms with E-state index in [2.05, 4.69) is 20.7 Å². The molecule has 2 rings (SSSR count). The molecule has 7 heteroatoms. The van der Waals surface area contributed by atoms with Crippen molar-refractivity contribution in [2.75, 3.05) is 18.4 Å². The topological polar surface area (TPSA) is 91.0 Å². The first kappa shape index (κ1) is 11.6. The SMILES string of the molecule is O=C(CN1CCCCCC1=O)Nc1cn[nH]n1. The molecule has 17 heavy (non-hydrogen) atoms. The largest absolute Gasteiger partial charge is 0.333 e. The van der Waals surface area contributed by atoms with Crippen LogP contribution in [0.15, 0.2) is 6.20 Å². The van der Waals surface area contributed by atoms with E-state index in [0.29, 0.717) is 18.8 Å². The van der Waals surface area contributed by atoms with Crippen LogP contribution in [-0.2, 0) is 9.59 Å². The number of aromatic nitrogens is 3. The van der Waals surface area contributed by atoms with Crippen molar-refractivity contribution in [1.29, 1.82) is 0 Å². The third-order valence-electron chi connectivity index (χ3n) is 2.69. The van der Waals surface area contributed by atoms with Crippen molar-refractivity contribution < 1.29 is 9.59 Å². The summed E-state index contributed by atoms with van der Waals surface area (Å²) in [5.41, 5.74) is 0. The molecular weight excluding hydrogens is 222 g/mol. The molecule has 0 spiro atoms. The van der Waals surface area contributed by atoms with Gasteiger partial charge in [-0.2, -0.15) is 10.3 Å². The molecule has 0 atom stereocenters. The molecule has 1 saturated heterocycles. The van der Waals surface area contributed by atoms with Crippen molar-refractivity contribution in [3.63, 3.8) is 0 Å². The molecule has 1 aromatic heterocycles. The van der Waals surface area contributed by atoms with Crippen LogP contribution in [0, 0.1) is 0 Å². The number of hydrogen-bond acceptors (Lipinski definition) is 4. The average Bonchev–Trinajstić information content (AvgIpc) is 2.71. The molecule has 7 nitrogen and oxygen atoms in total. The Labute approximate surface area is 98.6 Å². The van der Waals surface area contributed by atoms with Gasteiger partial charge in [-0.25, -0.2) is 0 Å². The van der Waals surface area contributed by atoms with Crippen LogP contribution in [0.25, 0.3) is 0 Å². The Morgan fingerprint density at radius 1 is 1.47 bits per heavy atom. The van der Waals surface area contributed by atoms with Crippen molar-refractivity contribution in [1.82, 2.24) is 20.3 Å². The highest BCUT2D eigenvalue weighted by Crippen LogP contribution is 2.10. The number of carbonyl (C=O) groups excluding carboxylic acids is 2. The van der Waals surface area contributed by atoms with Crippen molar-refractivity contribution >= 4 is 17.6 Å². The summed E-state index contributed by atoms with van der Waals surface area (Å²) < 4.78 is 0. The Kier molecular flexibility index (Phi) is 3.69. The molecule has 0 bridgehead atoms. The maximum atomic E-state index is 11.7. The van der Waals surface area contributed by atoms with Gasteiger partial charge in [-0.1, -0.05) is 6.42 Å². The van der Waals surface area contributed by atoms with Gasteiger partial charge in [-0.3, -0.25) is 9.59 Å². The lowest BCUT2D eigenvalue weighted by molar-refractivity contribution is -0.134. The molecule has 0 saturated carbocycles. The number of H-pyrrole nitrogens is 1. The number of anilines is 1. The number of rotatable bonds is 3. The third-order valence-corrected chi connectivity index (χ3v) is 2.69. The molecule has 0 radical (unpaired) electrons. The van der Waals surface area contributed by atoms with Crippen molar-refractivity contribution in [2.24, 2.45) is 0 Å². The van der Waals surface area contributed by atoms with E-state index in [0.717, 1.165) is 19.3 Å². The number of hydrogen-bond donors (Lipinski definition) is 2. The number of likely N-dealkylation sites (tertiary alicyclic amines) is 1. The second-order valence-electron chi connectivity index (χ2n) is 4.03. The van der Waals surface area contributed by atoms with Crippen molar-refractivity contribution in [3.8, 4) is 0 Å². The summed E-state index contributed by atoms with van der Waals surface area (Å²) in [6, 6.07) is 0. The van der Waals surface area contributed by atoms with E-state index in [-0.39, 0.29) is 18.4 Å². The molecule has 2 N–H and O–H groups in total. The fourth-order valence-electron chi connectivity index (χ4n) is 1.82. The predicted molar refractivity (Wildman–Crippen MR) is 60.1 cm³/mol. The Balaban J connectivity index is 1.86. The molecule has 1 fully saturated rings. The lowest BCUT2D eigenvalue weighted by atomic mass is 10.2. The van der Waals surface area contributed by atoms with E-state index in [9.17, 15) is 9.59 Å². The Morgan fingerprint density at radius 3 is 3.12 bits per heavy atom. The second kappa shape index (κ2) is 5.42. The summed E-state index contributed by atoms with van der Waals surface area (Å²) >= 11 is 0. The Hall–Kier alpha value is -1.92. The van der Waals surface area contributed by atoms with E-state index >= 15 is 0 Å². The highest BCUT2D eigenvalue weighted by atomic mass is 16.2. The average molecular weight is 237 g/mol. The fourth-order valence-corrected chi connectivity index (χ4v) is 1.82. The van der Waals surface area contributed by atoms with E-state index in [1.165, 1.54) is 6.20 Å². The summed E-state index contributed by atoms with van der Waals surface area (Å²) in [4.78, 5) is 24.9. The molecule has 1 aliphatic heterocycles. The molecular formula is C10H15N5O2. The molecule has 2 heterocycles. The summed E-state index contributed by atoms with van der Waals surface area (Å²) in [6.07, 6.45) is 4.88. The standard InChI is InChI=1S/C10H15N5O2/c16-9(12-8-6-11-14-13-8)7-15-5-3-1-2-4-10(15)17/h6H,1-5,7H2,(H2,11,12,13,14,16). The van der Waals surface area contributed by atoms with E-state index in [1.807, 2.05) is 0 Å². The fraction of sp³-hybridized carbons (Fsp3) is 0.600. The maximum absolute atomic E-state index is 11.7. The highest BCUT2D eigenvalue weighted by Gasteiger charge is 2.19. The highest BCUT2D eigenvalue weighted by molar-refractivity contribution is 5.93. The first-order chi connectivity index (χ1) is 8.25. The van der Waals surface area contributed by atoms with Crippen LogP contribution < -0.4 is 5.32 Å². The van der Waals surface area contributed by atoms with Gasteiger partial charge in [0.05, 0.1) is 12.7 Å². The Morgan fingerprint density at radius 2 is 2.35 bits per heavy atom. The van der Waals surface area contributed by atoms with Gasteiger partial charge in [0, 0.05) is 13.0 Å². The minimum Gasteiger partial charge on any atom is -0.333 e. The minimum absolute atomic E-state index is 0.0535. The number of nitrogens with zero attached hydrogens (tertiary/aromatic N) is 3. The normalized spacial score (nSPS) is 16.7. The first-order valence-electron chi connectivity index (χ1n) is 5.69. The van der Waals surface area contributed by atoms with Crippen LogP contribution in [-0.4, -0.2) is 45.2 Å². The molecule has 1 aromatic rings. The molecule has 1 aliphatic rings. The van der Waals surface area contributed by atoms with Gasteiger partial charge in [0.25, 0.3) is 0 Å². The molecule has 0 aliphatic carbocycles. The predicted octanol–water partition coefficient (Wildman–Crippen LogP) is 0.146. The quantitative estimate of drug-likeness (QED) is 0.782. The first-order valence-corrected chi connectivity index (χ1v) is 5.69. The van der Waals surface area contributed by atoms with Crippen LogP contribution in [0.5, 0.6) is 0 Å². The van der Waals surface area contributed by atoms with Gasteiger partial charge in [0.2, 0.25) is 11.8 Å². The van der Waals surface area contributed by atoms with E-state index < -0.39 is 0 Å². The number of amides is 2. The minimum atomic E-state index is -0.242. The van der Waals surface area contributed by atoms with Crippen LogP contribution in [0.2, 0.25) is 0 Å². The van der Waals surface area contributed by atoms with Gasteiger partial charge < -0.3 is 10.2 Å². The smallest absolute Gasteiger partial charge is 0.245 e. The van der Waals surface area contributed by atoms with Crippen molar-refractivity contribution in [3.05, 3.63) is 6.20 Å². The Bertz CT molecular complexity index is 389. The van der Waals surface area contributed by atoms with Gasteiger partial charge in [0.1, 0.15) is 0 Å². The summed E-state index contributed by atoms with van der Waals surface area (Å²) in [5, 5.41) is 12.3. The number of nitrogens with one attached hydrogen (secondary N) is 2. The van der Waals surface area contributed by atoms with Gasteiger partial charge >= 0.3 is 0 Å². The lowest BCUT2D eigenvalue weighted by Gasteiger charge is -2.19. The van der Waals surface area contributed by atoms with E-state index in [1.54, 1.807) is 4.90 Å². The van der Waals surface area contributed by atoms with Crippen LogP contribution in [0.1, 0.15) is 25.7 Å². The van der Waals surface area contributed by atoms with Gasteiger partial charge in [-0.05, 0) is 12.8 Å². The summed E-state index contributed by atoms with van der Waals surface area (Å²) in [5.74, 6) is 0.184.